The summed E-state index contributed by atoms with van der Waals surface area (Å²) in [5, 5.41) is 9.54. The first-order valence-corrected chi connectivity index (χ1v) is 7.91. The van der Waals surface area contributed by atoms with Gasteiger partial charge in [-0.2, -0.15) is 0 Å². The van der Waals surface area contributed by atoms with Gasteiger partial charge in [0, 0.05) is 30.9 Å². The Morgan fingerprint density at radius 2 is 2.10 bits per heavy atom. The van der Waals surface area contributed by atoms with Crippen LogP contribution in [0.1, 0.15) is 35.2 Å². The van der Waals surface area contributed by atoms with Crippen molar-refractivity contribution in [3.63, 3.8) is 0 Å². The lowest BCUT2D eigenvalue weighted by molar-refractivity contribution is 0.0946. The molecule has 114 valence electrons. The van der Waals surface area contributed by atoms with E-state index in [-0.39, 0.29) is 5.91 Å². The molecule has 1 aromatic rings. The van der Waals surface area contributed by atoms with Crippen molar-refractivity contribution in [3.8, 4) is 0 Å². The Labute approximate surface area is 126 Å². The van der Waals surface area contributed by atoms with Gasteiger partial charge in [-0.15, -0.1) is 0 Å². The molecule has 0 aromatic heterocycles. The number of nitrogens with zero attached hydrogens (tertiary/aromatic N) is 1. The number of benzene rings is 1. The molecule has 0 aliphatic carbocycles. The molecule has 1 saturated heterocycles. The van der Waals surface area contributed by atoms with Crippen LogP contribution in [0, 0.1) is 0 Å². The number of nitrogens with one attached hydrogen (secondary N) is 3. The lowest BCUT2D eigenvalue weighted by atomic mass is 10.1. The molecule has 5 nitrogen and oxygen atoms in total. The molecule has 1 amide bonds. The first-order valence-electron chi connectivity index (χ1n) is 7.91. The van der Waals surface area contributed by atoms with Gasteiger partial charge >= 0.3 is 0 Å². The van der Waals surface area contributed by atoms with Crippen LogP contribution in [0.25, 0.3) is 0 Å². The van der Waals surface area contributed by atoms with Gasteiger partial charge in [-0.25, -0.2) is 0 Å². The highest BCUT2D eigenvalue weighted by Gasteiger charge is 2.13. The average Bonchev–Trinajstić information content (AvgIpc) is 2.55. The Bertz CT molecular complexity index is 497. The standard InChI is InChI=1S/C16H24N4O/c21-16(18-6-9-20-7-2-1-3-8-20)13-4-5-14-11-17-12-19-15(14)10-13/h4-5,10,17,19H,1-3,6-9,11-12H2,(H,18,21). The Morgan fingerprint density at radius 3 is 2.95 bits per heavy atom. The number of likely N-dealkylation sites (tertiary alicyclic amines) is 1. The molecule has 0 radical (unpaired) electrons. The first-order chi connectivity index (χ1) is 10.3. The van der Waals surface area contributed by atoms with E-state index in [1.165, 1.54) is 37.9 Å². The summed E-state index contributed by atoms with van der Waals surface area (Å²) < 4.78 is 0. The van der Waals surface area contributed by atoms with Crippen LogP contribution in [0.3, 0.4) is 0 Å². The number of fused-ring (bicyclic) bond motifs is 1. The van der Waals surface area contributed by atoms with Crippen molar-refractivity contribution in [1.82, 2.24) is 15.5 Å². The predicted molar refractivity (Wildman–Crippen MR) is 84.4 cm³/mol. The largest absolute Gasteiger partial charge is 0.372 e. The quantitative estimate of drug-likeness (QED) is 0.783. The van der Waals surface area contributed by atoms with E-state index in [4.69, 9.17) is 0 Å². The maximum absolute atomic E-state index is 12.2. The number of hydrogen-bond donors (Lipinski definition) is 3. The molecule has 3 N–H and O–H groups in total. The maximum Gasteiger partial charge on any atom is 0.251 e. The van der Waals surface area contributed by atoms with Crippen molar-refractivity contribution >= 4 is 11.6 Å². The fourth-order valence-electron chi connectivity index (χ4n) is 3.00. The van der Waals surface area contributed by atoms with Gasteiger partial charge in [-0.1, -0.05) is 12.5 Å². The second-order valence-electron chi connectivity index (χ2n) is 5.81. The zero-order valence-corrected chi connectivity index (χ0v) is 12.5. The fourth-order valence-corrected chi connectivity index (χ4v) is 3.00. The van der Waals surface area contributed by atoms with E-state index < -0.39 is 0 Å². The Morgan fingerprint density at radius 1 is 1.24 bits per heavy atom. The molecule has 21 heavy (non-hydrogen) atoms. The number of carbonyl (C=O) groups excluding carboxylic acids is 1. The smallest absolute Gasteiger partial charge is 0.251 e. The van der Waals surface area contributed by atoms with Crippen molar-refractivity contribution < 1.29 is 4.79 Å². The summed E-state index contributed by atoms with van der Waals surface area (Å²) in [6.07, 6.45) is 3.93. The van der Waals surface area contributed by atoms with Crippen LogP contribution in [-0.4, -0.2) is 43.7 Å². The van der Waals surface area contributed by atoms with Crippen molar-refractivity contribution in [1.29, 1.82) is 0 Å². The number of hydrogen-bond acceptors (Lipinski definition) is 4. The van der Waals surface area contributed by atoms with Crippen LogP contribution in [0.2, 0.25) is 0 Å². The summed E-state index contributed by atoms with van der Waals surface area (Å²) in [7, 11) is 0. The number of amides is 1. The third-order valence-corrected chi connectivity index (χ3v) is 4.25. The van der Waals surface area contributed by atoms with Crippen molar-refractivity contribution in [3.05, 3.63) is 29.3 Å². The van der Waals surface area contributed by atoms with Crippen LogP contribution in [0.4, 0.5) is 5.69 Å². The van der Waals surface area contributed by atoms with Gasteiger partial charge in [0.2, 0.25) is 0 Å². The lowest BCUT2D eigenvalue weighted by Crippen LogP contribution is -2.37. The predicted octanol–water partition coefficient (Wildman–Crippen LogP) is 1.37. The molecule has 0 atom stereocenters. The second kappa shape index (κ2) is 6.91. The normalized spacial score (nSPS) is 18.7. The number of carbonyl (C=O) groups is 1. The molecule has 0 saturated carbocycles. The molecule has 0 bridgehead atoms. The van der Waals surface area contributed by atoms with E-state index in [9.17, 15) is 4.79 Å². The summed E-state index contributed by atoms with van der Waals surface area (Å²) in [5.74, 6) is 0.0233. The monoisotopic (exact) mass is 288 g/mol. The van der Waals surface area contributed by atoms with Crippen molar-refractivity contribution in [2.45, 2.75) is 25.8 Å². The fraction of sp³-hybridized carbons (Fsp3) is 0.562. The van der Waals surface area contributed by atoms with Gasteiger partial charge in [0.1, 0.15) is 0 Å². The molecular weight excluding hydrogens is 264 g/mol. The van der Waals surface area contributed by atoms with Crippen LogP contribution in [-0.2, 0) is 6.54 Å². The summed E-state index contributed by atoms with van der Waals surface area (Å²) in [5.41, 5.74) is 3.02. The molecule has 0 unspecified atom stereocenters. The number of rotatable bonds is 4. The molecule has 2 aliphatic rings. The Balaban J connectivity index is 1.50. The van der Waals surface area contributed by atoms with Gasteiger partial charge in [-0.05, 0) is 43.6 Å². The Hall–Kier alpha value is -1.59. The minimum atomic E-state index is 0.0233. The van der Waals surface area contributed by atoms with Crippen molar-refractivity contribution in [2.75, 3.05) is 38.2 Å². The first kappa shape index (κ1) is 14.4. The minimum Gasteiger partial charge on any atom is -0.372 e. The van der Waals surface area contributed by atoms with E-state index in [0.29, 0.717) is 0 Å². The van der Waals surface area contributed by atoms with E-state index in [1.807, 2.05) is 18.2 Å². The van der Waals surface area contributed by atoms with E-state index in [2.05, 4.69) is 20.9 Å². The molecule has 5 heteroatoms. The number of anilines is 1. The molecular formula is C16H24N4O. The molecule has 0 spiro atoms. The third-order valence-electron chi connectivity index (χ3n) is 4.25. The van der Waals surface area contributed by atoms with Gasteiger partial charge in [0.05, 0.1) is 6.67 Å². The average molecular weight is 288 g/mol. The van der Waals surface area contributed by atoms with E-state index >= 15 is 0 Å². The number of piperidine rings is 1. The summed E-state index contributed by atoms with van der Waals surface area (Å²) in [4.78, 5) is 14.6. The maximum atomic E-state index is 12.2. The highest BCUT2D eigenvalue weighted by molar-refractivity contribution is 5.95. The van der Waals surface area contributed by atoms with Crippen LogP contribution >= 0.6 is 0 Å². The molecule has 2 aliphatic heterocycles. The van der Waals surface area contributed by atoms with Crippen LogP contribution in [0.15, 0.2) is 18.2 Å². The molecule has 1 fully saturated rings. The van der Waals surface area contributed by atoms with Gasteiger partial charge in [-0.3, -0.25) is 10.1 Å². The van der Waals surface area contributed by atoms with Gasteiger partial charge in [0.25, 0.3) is 5.91 Å². The summed E-state index contributed by atoms with van der Waals surface area (Å²) in [6, 6.07) is 5.88. The van der Waals surface area contributed by atoms with Crippen molar-refractivity contribution in [2.24, 2.45) is 0 Å². The SMILES string of the molecule is O=C(NCCN1CCCCC1)c1ccc2c(c1)NCNC2. The highest BCUT2D eigenvalue weighted by atomic mass is 16.1. The van der Waals surface area contributed by atoms with Gasteiger partial charge in [0.15, 0.2) is 0 Å². The van der Waals surface area contributed by atoms with Gasteiger partial charge < -0.3 is 15.5 Å². The summed E-state index contributed by atoms with van der Waals surface area (Å²) >= 11 is 0. The molecule has 1 aromatic carbocycles. The topological polar surface area (TPSA) is 56.4 Å². The summed E-state index contributed by atoms with van der Waals surface area (Å²) in [6.45, 7) is 5.65. The molecule has 2 heterocycles. The third kappa shape index (κ3) is 3.74. The van der Waals surface area contributed by atoms with E-state index in [0.717, 1.165) is 37.6 Å². The second-order valence-corrected chi connectivity index (χ2v) is 5.81. The Kier molecular flexibility index (Phi) is 4.72. The minimum absolute atomic E-state index is 0.0233. The zero-order chi connectivity index (χ0) is 14.5. The van der Waals surface area contributed by atoms with Crippen LogP contribution in [0.5, 0.6) is 0 Å². The van der Waals surface area contributed by atoms with E-state index in [1.54, 1.807) is 0 Å². The molecule has 3 rings (SSSR count). The van der Waals surface area contributed by atoms with Crippen LogP contribution < -0.4 is 16.0 Å². The lowest BCUT2D eigenvalue weighted by Gasteiger charge is -2.26. The highest BCUT2D eigenvalue weighted by Crippen LogP contribution is 2.19. The zero-order valence-electron chi connectivity index (χ0n) is 12.5.